The molecule has 0 fully saturated rings. The van der Waals surface area contributed by atoms with Crippen LogP contribution in [0.4, 0.5) is 17.1 Å². The third-order valence-corrected chi connectivity index (χ3v) is 10.6. The van der Waals surface area contributed by atoms with Gasteiger partial charge in [0.1, 0.15) is 17.4 Å². The Labute approximate surface area is 301 Å². The smallest absolute Gasteiger partial charge is 0.153 e. The lowest BCUT2D eigenvalue weighted by molar-refractivity contribution is 0.481. The number of nitrogens with zero attached hydrogens (tertiary/aromatic N) is 5. The summed E-state index contributed by atoms with van der Waals surface area (Å²) in [5, 5.41) is 2.37. The molecule has 9 aromatic rings. The topological polar surface area (TPSA) is 48.1 Å². The van der Waals surface area contributed by atoms with Gasteiger partial charge in [-0.3, -0.25) is 4.57 Å². The first-order valence-electron chi connectivity index (χ1n) is 17.7. The van der Waals surface area contributed by atoms with Gasteiger partial charge in [-0.05, 0) is 66.2 Å². The Bertz CT molecular complexity index is 2820. The van der Waals surface area contributed by atoms with Gasteiger partial charge in [0, 0.05) is 52.3 Å². The van der Waals surface area contributed by atoms with E-state index in [1.807, 2.05) is 36.5 Å². The number of imidazole rings is 1. The van der Waals surface area contributed by atoms with Crippen molar-refractivity contribution in [2.45, 2.75) is 19.3 Å². The number of benzene rings is 6. The second kappa shape index (κ2) is 11.4. The Morgan fingerprint density at radius 3 is 2.23 bits per heavy atom. The number of pyridine rings is 1. The summed E-state index contributed by atoms with van der Waals surface area (Å²) in [5.41, 5.74) is 10.5. The molecule has 6 heteroatoms. The zero-order valence-corrected chi connectivity index (χ0v) is 29.2. The zero-order chi connectivity index (χ0) is 35.0. The van der Waals surface area contributed by atoms with Crippen LogP contribution in [0, 0.1) is 0 Å². The zero-order valence-electron chi connectivity index (χ0n) is 29.2. The van der Waals surface area contributed by atoms with E-state index in [1.54, 1.807) is 0 Å². The molecule has 0 N–H and O–H groups in total. The van der Waals surface area contributed by atoms with Gasteiger partial charge in [-0.1, -0.05) is 98.8 Å². The number of para-hydroxylation sites is 5. The molecule has 52 heavy (non-hydrogen) atoms. The summed E-state index contributed by atoms with van der Waals surface area (Å²) in [5.74, 6) is 3.24. The maximum absolute atomic E-state index is 7.20. The lowest BCUT2D eigenvalue weighted by atomic mass is 9.71. The summed E-state index contributed by atoms with van der Waals surface area (Å²) in [6.45, 7) is 4.69. The summed E-state index contributed by atoms with van der Waals surface area (Å²) < 4.78 is 11.6. The van der Waals surface area contributed by atoms with E-state index in [2.05, 4.69) is 156 Å². The van der Waals surface area contributed by atoms with E-state index in [0.717, 1.165) is 67.8 Å². The van der Waals surface area contributed by atoms with Gasteiger partial charge in [-0.25, -0.2) is 9.97 Å². The fourth-order valence-electron chi connectivity index (χ4n) is 8.26. The van der Waals surface area contributed by atoms with Gasteiger partial charge < -0.3 is 14.2 Å². The van der Waals surface area contributed by atoms with Crippen LogP contribution in [-0.2, 0) is 12.5 Å². The van der Waals surface area contributed by atoms with Crippen molar-refractivity contribution in [2.75, 3.05) is 4.90 Å². The number of hydrogen-bond acceptors (Lipinski definition) is 4. The normalized spacial score (nSPS) is 13.4. The summed E-state index contributed by atoms with van der Waals surface area (Å²) in [6.07, 6.45) is 1.86. The van der Waals surface area contributed by atoms with Crippen LogP contribution in [0.15, 0.2) is 158 Å². The van der Waals surface area contributed by atoms with Crippen LogP contribution < -0.4 is 9.64 Å². The number of aromatic nitrogens is 4. The molecule has 0 aliphatic carbocycles. The highest BCUT2D eigenvalue weighted by molar-refractivity contribution is 6.15. The lowest BCUT2D eigenvalue weighted by Crippen LogP contribution is -2.31. The van der Waals surface area contributed by atoms with Crippen molar-refractivity contribution < 1.29 is 4.74 Å². The number of fused-ring (bicyclic) bond motifs is 7. The second-order valence-electron chi connectivity index (χ2n) is 14.0. The summed E-state index contributed by atoms with van der Waals surface area (Å²) >= 11 is 0. The first kappa shape index (κ1) is 30.2. The molecular formula is C46H35N5O. The minimum Gasteiger partial charge on any atom is -0.455 e. The molecule has 4 heterocycles. The van der Waals surface area contributed by atoms with Gasteiger partial charge in [0.25, 0.3) is 0 Å². The number of ether oxygens (including phenoxy) is 1. The third kappa shape index (κ3) is 4.44. The van der Waals surface area contributed by atoms with Crippen LogP contribution >= 0.6 is 0 Å². The summed E-state index contributed by atoms with van der Waals surface area (Å²) in [7, 11) is 2.07. The van der Waals surface area contributed by atoms with Crippen molar-refractivity contribution in [3.8, 4) is 28.7 Å². The molecule has 0 bridgehead atoms. The highest BCUT2D eigenvalue weighted by Gasteiger charge is 2.41. The van der Waals surface area contributed by atoms with Crippen molar-refractivity contribution in [3.05, 3.63) is 169 Å². The van der Waals surface area contributed by atoms with E-state index in [-0.39, 0.29) is 5.41 Å². The molecule has 0 saturated carbocycles. The fraction of sp³-hybridized carbons (Fsp3) is 0.0870. The number of aryl methyl sites for hydroxylation is 1. The molecule has 6 aromatic carbocycles. The molecule has 6 nitrogen and oxygen atoms in total. The maximum atomic E-state index is 7.20. The Morgan fingerprint density at radius 2 is 1.40 bits per heavy atom. The van der Waals surface area contributed by atoms with Gasteiger partial charge in [0.05, 0.1) is 33.4 Å². The number of anilines is 3. The van der Waals surface area contributed by atoms with Crippen LogP contribution in [-0.4, -0.2) is 19.1 Å². The minimum absolute atomic E-state index is 0.386. The first-order valence-corrected chi connectivity index (χ1v) is 17.7. The first-order chi connectivity index (χ1) is 25.5. The number of rotatable bonds is 5. The van der Waals surface area contributed by atoms with Gasteiger partial charge in [0.2, 0.25) is 0 Å². The SMILES string of the molecule is Cn1c(-c2cccc(Oc3cc4c(c5c3N(c3ccccc3)c3ccccc3C5(C)C)c3ccccc3n4-c3ccccn3)c2)nc2ccccc21. The molecule has 1 aliphatic heterocycles. The van der Waals surface area contributed by atoms with Crippen LogP contribution in [0.1, 0.15) is 25.0 Å². The monoisotopic (exact) mass is 673 g/mol. The minimum atomic E-state index is -0.386. The van der Waals surface area contributed by atoms with E-state index in [0.29, 0.717) is 0 Å². The molecule has 0 radical (unpaired) electrons. The van der Waals surface area contributed by atoms with Crippen LogP contribution in [0.2, 0.25) is 0 Å². The quantitative estimate of drug-likeness (QED) is 0.182. The van der Waals surface area contributed by atoms with E-state index >= 15 is 0 Å². The van der Waals surface area contributed by atoms with Crippen molar-refractivity contribution >= 4 is 49.9 Å². The molecule has 0 atom stereocenters. The summed E-state index contributed by atoms with van der Waals surface area (Å²) in [6, 6.07) is 52.9. The molecule has 10 rings (SSSR count). The van der Waals surface area contributed by atoms with Crippen LogP contribution in [0.25, 0.3) is 50.0 Å². The van der Waals surface area contributed by atoms with Gasteiger partial charge in [0.15, 0.2) is 5.75 Å². The van der Waals surface area contributed by atoms with Crippen molar-refractivity contribution in [1.82, 2.24) is 19.1 Å². The van der Waals surface area contributed by atoms with Gasteiger partial charge in [-0.15, -0.1) is 0 Å². The third-order valence-electron chi connectivity index (χ3n) is 10.6. The fourth-order valence-corrected chi connectivity index (χ4v) is 8.26. The molecule has 3 aromatic heterocycles. The van der Waals surface area contributed by atoms with E-state index in [4.69, 9.17) is 14.7 Å². The average molecular weight is 674 g/mol. The molecule has 0 amide bonds. The Balaban J connectivity index is 1.29. The number of hydrogen-bond donors (Lipinski definition) is 0. The van der Waals surface area contributed by atoms with E-state index < -0.39 is 0 Å². The highest BCUT2D eigenvalue weighted by Crippen LogP contribution is 2.59. The molecular weight excluding hydrogens is 639 g/mol. The predicted molar refractivity (Wildman–Crippen MR) is 212 cm³/mol. The van der Waals surface area contributed by atoms with Crippen LogP contribution in [0.5, 0.6) is 11.5 Å². The van der Waals surface area contributed by atoms with Crippen LogP contribution in [0.3, 0.4) is 0 Å². The molecule has 0 unspecified atom stereocenters. The maximum Gasteiger partial charge on any atom is 0.153 e. The van der Waals surface area contributed by atoms with Gasteiger partial charge >= 0.3 is 0 Å². The van der Waals surface area contributed by atoms with E-state index in [9.17, 15) is 0 Å². The lowest BCUT2D eigenvalue weighted by Gasteiger charge is -2.43. The summed E-state index contributed by atoms with van der Waals surface area (Å²) in [4.78, 5) is 12.2. The Hall–Kier alpha value is -6.66. The average Bonchev–Trinajstić information content (AvgIpc) is 3.70. The molecule has 250 valence electrons. The molecule has 1 aliphatic rings. The second-order valence-corrected chi connectivity index (χ2v) is 14.0. The Morgan fingerprint density at radius 1 is 0.654 bits per heavy atom. The standard InChI is InChI=1S/C46H35N5O/c1-46(2)34-21-8-11-24-37(34)50(31-17-5-4-6-18-31)44-40(52-32-19-15-16-30(28-32)45-48-35-22-9-12-25-38(35)49(45)3)29-39-42(43(44)46)33-20-7-10-23-36(33)51(39)41-26-13-14-27-47-41/h4-29H,1-3H3. The largest absolute Gasteiger partial charge is 0.455 e. The molecule has 0 spiro atoms. The molecule has 0 saturated heterocycles. The predicted octanol–water partition coefficient (Wildman–Crippen LogP) is 11.6. The van der Waals surface area contributed by atoms with Crippen molar-refractivity contribution in [2.24, 2.45) is 7.05 Å². The highest BCUT2D eigenvalue weighted by atomic mass is 16.5. The van der Waals surface area contributed by atoms with Crippen molar-refractivity contribution in [3.63, 3.8) is 0 Å². The van der Waals surface area contributed by atoms with Gasteiger partial charge in [-0.2, -0.15) is 0 Å². The van der Waals surface area contributed by atoms with E-state index in [1.165, 1.54) is 21.9 Å². The van der Waals surface area contributed by atoms with Crippen molar-refractivity contribution in [1.29, 1.82) is 0 Å². The Kier molecular flexibility index (Phi) is 6.64.